The van der Waals surface area contributed by atoms with E-state index in [9.17, 15) is 4.79 Å². The standard InChI is InChI=1S/C28H34BF2N3O5/c1-26(2,3)37-25(35)22-9-8-21-24(33-22)34(15-17-10-11-36-17)23(32-21)13-16-12-20(31)18(14-19(16)30)29-38-27(4,5)28(6,7)39-29/h8-9,12,14,17H,10-11,13,15H2,1-7H3/t17-/m0/s1. The molecule has 2 saturated heterocycles. The second-order valence-electron chi connectivity index (χ2n) is 12.2. The van der Waals surface area contributed by atoms with Gasteiger partial charge in [-0.05, 0) is 84.7 Å². The summed E-state index contributed by atoms with van der Waals surface area (Å²) in [6.45, 7) is 13.9. The Bertz CT molecular complexity index is 1410. The van der Waals surface area contributed by atoms with Crippen LogP contribution in [0.5, 0.6) is 0 Å². The molecule has 4 heterocycles. The largest absolute Gasteiger partial charge is 0.497 e. The molecular formula is C28H34BF2N3O5. The molecule has 2 aliphatic heterocycles. The maximum absolute atomic E-state index is 15.4. The maximum Gasteiger partial charge on any atom is 0.497 e. The molecule has 2 aliphatic rings. The van der Waals surface area contributed by atoms with Crippen LogP contribution in [0.4, 0.5) is 8.78 Å². The van der Waals surface area contributed by atoms with E-state index >= 15 is 8.78 Å². The number of nitrogens with zero attached hydrogens (tertiary/aromatic N) is 3. The molecule has 0 N–H and O–H groups in total. The summed E-state index contributed by atoms with van der Waals surface area (Å²) in [5.74, 6) is -1.29. The lowest BCUT2D eigenvalue weighted by Crippen LogP contribution is -2.41. The number of pyridine rings is 1. The Kier molecular flexibility index (Phi) is 6.84. The fourth-order valence-corrected chi connectivity index (χ4v) is 4.51. The Morgan fingerprint density at radius 2 is 1.77 bits per heavy atom. The average molecular weight is 541 g/mol. The molecule has 2 aromatic heterocycles. The molecule has 0 spiro atoms. The number of hydrogen-bond acceptors (Lipinski definition) is 7. The molecule has 2 fully saturated rings. The van der Waals surface area contributed by atoms with Gasteiger partial charge in [0.1, 0.15) is 28.6 Å². The Balaban J connectivity index is 1.48. The van der Waals surface area contributed by atoms with Crippen LogP contribution in [0, 0.1) is 11.6 Å². The third-order valence-electron chi connectivity index (χ3n) is 7.48. The van der Waals surface area contributed by atoms with E-state index in [0.29, 0.717) is 30.1 Å². The summed E-state index contributed by atoms with van der Waals surface area (Å²) in [6, 6.07) is 5.53. The monoisotopic (exact) mass is 541 g/mol. The summed E-state index contributed by atoms with van der Waals surface area (Å²) in [6.07, 6.45) is 0.814. The number of carbonyl (C=O) groups excluding carboxylic acids is 1. The van der Waals surface area contributed by atoms with Gasteiger partial charge in [-0.2, -0.15) is 0 Å². The normalized spacial score (nSPS) is 20.3. The van der Waals surface area contributed by atoms with Gasteiger partial charge >= 0.3 is 13.1 Å². The van der Waals surface area contributed by atoms with Gasteiger partial charge < -0.3 is 23.3 Å². The van der Waals surface area contributed by atoms with Crippen molar-refractivity contribution in [1.82, 2.24) is 14.5 Å². The van der Waals surface area contributed by atoms with E-state index in [4.69, 9.17) is 18.8 Å². The van der Waals surface area contributed by atoms with E-state index in [-0.39, 0.29) is 29.2 Å². The number of imidazole rings is 1. The molecule has 1 atom stereocenters. The van der Waals surface area contributed by atoms with Crippen molar-refractivity contribution < 1.29 is 32.4 Å². The molecule has 8 nitrogen and oxygen atoms in total. The summed E-state index contributed by atoms with van der Waals surface area (Å²) in [5, 5.41) is 0. The van der Waals surface area contributed by atoms with Crippen LogP contribution in [0.15, 0.2) is 24.3 Å². The molecule has 0 bridgehead atoms. The van der Waals surface area contributed by atoms with E-state index in [0.717, 1.165) is 12.5 Å². The lowest BCUT2D eigenvalue weighted by atomic mass is 9.78. The summed E-state index contributed by atoms with van der Waals surface area (Å²) in [7, 11) is -1.02. The van der Waals surface area contributed by atoms with Crippen LogP contribution in [0.3, 0.4) is 0 Å². The van der Waals surface area contributed by atoms with Crippen molar-refractivity contribution in [2.24, 2.45) is 0 Å². The quantitative estimate of drug-likeness (QED) is 0.339. The zero-order chi connectivity index (χ0) is 28.3. The van der Waals surface area contributed by atoms with Crippen LogP contribution in [-0.4, -0.2) is 57.1 Å². The maximum atomic E-state index is 15.4. The smallest absolute Gasteiger partial charge is 0.455 e. The Morgan fingerprint density at radius 1 is 1.10 bits per heavy atom. The van der Waals surface area contributed by atoms with Gasteiger partial charge in [-0.25, -0.2) is 23.5 Å². The number of aromatic nitrogens is 3. The number of fused-ring (bicyclic) bond motifs is 1. The van der Waals surface area contributed by atoms with Crippen molar-refractivity contribution in [3.05, 3.63) is 53.0 Å². The van der Waals surface area contributed by atoms with Crippen molar-refractivity contribution in [2.45, 2.75) is 90.8 Å². The van der Waals surface area contributed by atoms with E-state index in [1.807, 2.05) is 32.3 Å². The molecule has 39 heavy (non-hydrogen) atoms. The second kappa shape index (κ2) is 9.64. The molecule has 3 aromatic rings. The summed E-state index contributed by atoms with van der Waals surface area (Å²) in [4.78, 5) is 21.8. The van der Waals surface area contributed by atoms with Crippen molar-refractivity contribution in [2.75, 3.05) is 6.61 Å². The molecule has 0 unspecified atom stereocenters. The third-order valence-corrected chi connectivity index (χ3v) is 7.48. The minimum atomic E-state index is -1.02. The zero-order valence-electron chi connectivity index (χ0n) is 23.4. The van der Waals surface area contributed by atoms with Crippen LogP contribution < -0.4 is 5.46 Å². The van der Waals surface area contributed by atoms with Crippen molar-refractivity contribution in [3.8, 4) is 0 Å². The first kappa shape index (κ1) is 27.7. The molecule has 1 aromatic carbocycles. The predicted molar refractivity (Wildman–Crippen MR) is 142 cm³/mol. The van der Waals surface area contributed by atoms with Crippen LogP contribution in [0.1, 0.15) is 76.8 Å². The minimum absolute atomic E-state index is 0.00920. The number of esters is 1. The number of benzene rings is 1. The van der Waals surface area contributed by atoms with Gasteiger partial charge in [0.2, 0.25) is 0 Å². The van der Waals surface area contributed by atoms with E-state index in [1.165, 1.54) is 6.07 Å². The van der Waals surface area contributed by atoms with Crippen LogP contribution >= 0.6 is 0 Å². The first-order chi connectivity index (χ1) is 18.1. The van der Waals surface area contributed by atoms with Crippen molar-refractivity contribution >= 4 is 29.7 Å². The Hall–Kier alpha value is -2.89. The van der Waals surface area contributed by atoms with Gasteiger partial charge in [-0.3, -0.25) is 0 Å². The van der Waals surface area contributed by atoms with Gasteiger partial charge in [0, 0.05) is 18.5 Å². The van der Waals surface area contributed by atoms with E-state index in [1.54, 1.807) is 32.9 Å². The SMILES string of the molecule is CC(C)(C)OC(=O)c1ccc2nc(Cc3cc(F)c(B4OC(C)(C)C(C)(C)O4)cc3F)n(C[C@@H]3CCO3)c2n1. The van der Waals surface area contributed by atoms with E-state index in [2.05, 4.69) is 9.97 Å². The van der Waals surface area contributed by atoms with E-state index < -0.39 is 41.5 Å². The van der Waals surface area contributed by atoms with Gasteiger partial charge in [0.25, 0.3) is 0 Å². The highest BCUT2D eigenvalue weighted by Gasteiger charge is 2.52. The van der Waals surface area contributed by atoms with Gasteiger partial charge in [-0.15, -0.1) is 0 Å². The van der Waals surface area contributed by atoms with Gasteiger partial charge in [0.15, 0.2) is 11.3 Å². The highest BCUT2D eigenvalue weighted by molar-refractivity contribution is 6.62. The lowest BCUT2D eigenvalue weighted by molar-refractivity contribution is -0.0590. The Morgan fingerprint density at radius 3 is 2.36 bits per heavy atom. The minimum Gasteiger partial charge on any atom is -0.455 e. The number of hydrogen-bond donors (Lipinski definition) is 0. The number of rotatable bonds is 6. The molecular weight excluding hydrogens is 507 g/mol. The summed E-state index contributed by atoms with van der Waals surface area (Å²) < 4.78 is 55.4. The molecule has 11 heteroatoms. The third kappa shape index (κ3) is 5.44. The molecule has 5 rings (SSSR count). The Labute approximate surface area is 227 Å². The van der Waals surface area contributed by atoms with Crippen molar-refractivity contribution in [3.63, 3.8) is 0 Å². The topological polar surface area (TPSA) is 84.7 Å². The first-order valence-electron chi connectivity index (χ1n) is 13.2. The number of halogens is 2. The average Bonchev–Trinajstić information content (AvgIpc) is 3.23. The summed E-state index contributed by atoms with van der Waals surface area (Å²) in [5.41, 5.74) is -0.764. The lowest BCUT2D eigenvalue weighted by Gasteiger charge is -2.32. The van der Waals surface area contributed by atoms with Gasteiger partial charge in [0.05, 0.1) is 23.9 Å². The molecule has 0 amide bonds. The highest BCUT2D eigenvalue weighted by atomic mass is 19.1. The number of ether oxygens (including phenoxy) is 2. The number of carbonyl (C=O) groups is 1. The second-order valence-corrected chi connectivity index (χ2v) is 12.2. The predicted octanol–water partition coefficient (Wildman–Crippen LogP) is 4.34. The fraction of sp³-hybridized carbons (Fsp3) is 0.536. The van der Waals surface area contributed by atoms with Crippen LogP contribution in [-0.2, 0) is 31.7 Å². The van der Waals surface area contributed by atoms with Crippen molar-refractivity contribution in [1.29, 1.82) is 0 Å². The molecule has 208 valence electrons. The highest BCUT2D eigenvalue weighted by Crippen LogP contribution is 2.37. The zero-order valence-corrected chi connectivity index (χ0v) is 23.4. The molecule has 0 aliphatic carbocycles. The first-order valence-corrected chi connectivity index (χ1v) is 13.2. The fourth-order valence-electron chi connectivity index (χ4n) is 4.51. The molecule has 0 saturated carbocycles. The molecule has 0 radical (unpaired) electrons. The summed E-state index contributed by atoms with van der Waals surface area (Å²) >= 11 is 0. The van der Waals surface area contributed by atoms with Crippen LogP contribution in [0.25, 0.3) is 11.2 Å². The van der Waals surface area contributed by atoms with Crippen LogP contribution in [0.2, 0.25) is 0 Å². The van der Waals surface area contributed by atoms with Gasteiger partial charge in [-0.1, -0.05) is 0 Å².